The number of aromatic amines is 1. The molecule has 11 heteroatoms. The van der Waals surface area contributed by atoms with E-state index in [2.05, 4.69) is 31.0 Å². The molecule has 0 atom stereocenters. The maximum absolute atomic E-state index is 12.2. The Bertz CT molecular complexity index is 925. The summed E-state index contributed by atoms with van der Waals surface area (Å²) >= 11 is 5.14. The standard InChI is InChI=1S/C19H29N7O3S/c1-3-26-14(23-24-18(26)30)12-20-15(28)8-9-16-21-17(25-29-16)19(22-13(2)27)10-6-4-5-7-11-19/h3-12H2,1-2H3,(H,20,28)(H,22,27)(H,24,30). The smallest absolute Gasteiger partial charge is 0.227 e. The van der Waals surface area contributed by atoms with Gasteiger partial charge >= 0.3 is 0 Å². The Morgan fingerprint density at radius 2 is 2.00 bits per heavy atom. The molecule has 1 aliphatic carbocycles. The largest absolute Gasteiger partial charge is 0.349 e. The summed E-state index contributed by atoms with van der Waals surface area (Å²) < 4.78 is 7.75. The first kappa shape index (κ1) is 22.1. The lowest BCUT2D eigenvalue weighted by Crippen LogP contribution is -2.45. The molecule has 0 spiro atoms. The van der Waals surface area contributed by atoms with Crippen LogP contribution in [0.1, 0.15) is 76.3 Å². The van der Waals surface area contributed by atoms with Crippen molar-refractivity contribution in [2.45, 2.75) is 83.8 Å². The maximum Gasteiger partial charge on any atom is 0.227 e. The second-order valence-corrected chi connectivity index (χ2v) is 8.04. The fourth-order valence-electron chi connectivity index (χ4n) is 3.92. The van der Waals surface area contributed by atoms with E-state index >= 15 is 0 Å². The van der Waals surface area contributed by atoms with Crippen molar-refractivity contribution in [3.05, 3.63) is 22.3 Å². The lowest BCUT2D eigenvalue weighted by molar-refractivity contribution is -0.122. The predicted octanol–water partition coefficient (Wildman–Crippen LogP) is 2.28. The molecule has 164 valence electrons. The van der Waals surface area contributed by atoms with Crippen molar-refractivity contribution in [2.24, 2.45) is 0 Å². The molecule has 30 heavy (non-hydrogen) atoms. The summed E-state index contributed by atoms with van der Waals surface area (Å²) in [4.78, 5) is 28.5. The third-order valence-corrected chi connectivity index (χ3v) is 5.74. The Labute approximate surface area is 180 Å². The minimum absolute atomic E-state index is 0.104. The van der Waals surface area contributed by atoms with Crippen LogP contribution in [0.5, 0.6) is 0 Å². The van der Waals surface area contributed by atoms with Gasteiger partial charge in [0.05, 0.1) is 6.54 Å². The molecule has 2 heterocycles. The van der Waals surface area contributed by atoms with Gasteiger partial charge in [-0.1, -0.05) is 30.8 Å². The molecule has 0 radical (unpaired) electrons. The van der Waals surface area contributed by atoms with Gasteiger partial charge in [-0.25, -0.2) is 0 Å². The Balaban J connectivity index is 1.58. The van der Waals surface area contributed by atoms with Crippen LogP contribution in [0.4, 0.5) is 0 Å². The van der Waals surface area contributed by atoms with Gasteiger partial charge in [-0.2, -0.15) is 10.1 Å². The average molecular weight is 436 g/mol. The average Bonchev–Trinajstić information content (AvgIpc) is 3.26. The molecular weight excluding hydrogens is 406 g/mol. The second kappa shape index (κ2) is 9.96. The Morgan fingerprint density at radius 3 is 2.67 bits per heavy atom. The SMILES string of the molecule is CCn1c(CNC(=O)CCc2nc(C3(NC(C)=O)CCCCCC3)no2)n[nH]c1=S. The highest BCUT2D eigenvalue weighted by atomic mass is 32.1. The molecule has 3 N–H and O–H groups in total. The zero-order chi connectivity index (χ0) is 21.6. The lowest BCUT2D eigenvalue weighted by Gasteiger charge is -2.30. The van der Waals surface area contributed by atoms with E-state index in [1.54, 1.807) is 0 Å². The van der Waals surface area contributed by atoms with Gasteiger partial charge in [0, 0.05) is 26.3 Å². The van der Waals surface area contributed by atoms with E-state index in [-0.39, 0.29) is 18.2 Å². The van der Waals surface area contributed by atoms with Crippen molar-refractivity contribution >= 4 is 24.0 Å². The molecule has 2 aromatic rings. The first-order valence-corrected chi connectivity index (χ1v) is 10.9. The van der Waals surface area contributed by atoms with Crippen molar-refractivity contribution < 1.29 is 14.1 Å². The van der Waals surface area contributed by atoms with E-state index in [1.165, 1.54) is 6.92 Å². The number of nitrogens with one attached hydrogen (secondary N) is 3. The topological polar surface area (TPSA) is 131 Å². The number of H-pyrrole nitrogens is 1. The first-order valence-electron chi connectivity index (χ1n) is 10.5. The van der Waals surface area contributed by atoms with Crippen LogP contribution in [-0.2, 0) is 34.6 Å². The maximum atomic E-state index is 12.2. The molecular formula is C19H29N7O3S. The first-order chi connectivity index (χ1) is 14.4. The summed E-state index contributed by atoms with van der Waals surface area (Å²) in [5.74, 6) is 1.34. The number of carbonyl (C=O) groups excluding carboxylic acids is 2. The molecule has 1 saturated carbocycles. The zero-order valence-corrected chi connectivity index (χ0v) is 18.3. The number of hydrogen-bond donors (Lipinski definition) is 3. The van der Waals surface area contributed by atoms with E-state index in [1.807, 2.05) is 11.5 Å². The quantitative estimate of drug-likeness (QED) is 0.428. The molecule has 0 bridgehead atoms. The van der Waals surface area contributed by atoms with E-state index in [9.17, 15) is 9.59 Å². The van der Waals surface area contributed by atoms with E-state index < -0.39 is 5.54 Å². The van der Waals surface area contributed by atoms with Gasteiger partial charge in [0.1, 0.15) is 5.54 Å². The van der Waals surface area contributed by atoms with E-state index in [4.69, 9.17) is 16.7 Å². The highest BCUT2D eigenvalue weighted by Crippen LogP contribution is 2.34. The van der Waals surface area contributed by atoms with Crippen molar-refractivity contribution in [1.29, 1.82) is 0 Å². The van der Waals surface area contributed by atoms with Crippen molar-refractivity contribution in [3.8, 4) is 0 Å². The summed E-state index contributed by atoms with van der Waals surface area (Å²) in [5.41, 5.74) is -0.581. The molecule has 0 aliphatic heterocycles. The van der Waals surface area contributed by atoms with Gasteiger partial charge in [-0.05, 0) is 32.0 Å². The van der Waals surface area contributed by atoms with Crippen molar-refractivity contribution in [2.75, 3.05) is 0 Å². The molecule has 2 aromatic heterocycles. The molecule has 1 aliphatic rings. The number of aryl methyl sites for hydroxylation is 1. The lowest BCUT2D eigenvalue weighted by atomic mass is 9.89. The van der Waals surface area contributed by atoms with Crippen LogP contribution in [0.25, 0.3) is 0 Å². The van der Waals surface area contributed by atoms with Crippen molar-refractivity contribution in [3.63, 3.8) is 0 Å². The summed E-state index contributed by atoms with van der Waals surface area (Å²) in [6.07, 6.45) is 6.39. The molecule has 0 unspecified atom stereocenters. The van der Waals surface area contributed by atoms with Gasteiger partial charge in [0.15, 0.2) is 16.4 Å². The van der Waals surface area contributed by atoms with Crippen molar-refractivity contribution in [1.82, 2.24) is 35.5 Å². The van der Waals surface area contributed by atoms with Crippen LogP contribution in [0.3, 0.4) is 0 Å². The Kier molecular flexibility index (Phi) is 7.35. The number of nitrogens with zero attached hydrogens (tertiary/aromatic N) is 4. The summed E-state index contributed by atoms with van der Waals surface area (Å²) in [6.45, 7) is 4.45. The van der Waals surface area contributed by atoms with Crippen LogP contribution < -0.4 is 10.6 Å². The zero-order valence-electron chi connectivity index (χ0n) is 17.5. The molecule has 0 saturated heterocycles. The molecule has 0 aromatic carbocycles. The molecule has 2 amide bonds. The predicted molar refractivity (Wildman–Crippen MR) is 111 cm³/mol. The summed E-state index contributed by atoms with van der Waals surface area (Å²) in [6, 6.07) is 0. The molecule has 10 nitrogen and oxygen atoms in total. The van der Waals surface area contributed by atoms with E-state index in [0.717, 1.165) is 38.5 Å². The van der Waals surface area contributed by atoms with Crippen LogP contribution in [0.2, 0.25) is 0 Å². The van der Waals surface area contributed by atoms with Gasteiger partial charge in [0.25, 0.3) is 0 Å². The Morgan fingerprint density at radius 1 is 1.27 bits per heavy atom. The monoisotopic (exact) mass is 435 g/mol. The number of amides is 2. The van der Waals surface area contributed by atoms with Crippen LogP contribution >= 0.6 is 12.2 Å². The number of carbonyl (C=O) groups is 2. The van der Waals surface area contributed by atoms with E-state index in [0.29, 0.717) is 41.8 Å². The fraction of sp³-hybridized carbons (Fsp3) is 0.684. The minimum atomic E-state index is -0.581. The van der Waals surface area contributed by atoms with Gasteiger partial charge in [-0.3, -0.25) is 14.7 Å². The third kappa shape index (κ3) is 5.32. The van der Waals surface area contributed by atoms with Gasteiger partial charge in [0.2, 0.25) is 17.7 Å². The molecule has 3 rings (SSSR count). The van der Waals surface area contributed by atoms with Crippen LogP contribution in [0, 0.1) is 4.77 Å². The number of rotatable bonds is 8. The highest BCUT2D eigenvalue weighted by molar-refractivity contribution is 7.71. The molecule has 1 fully saturated rings. The van der Waals surface area contributed by atoms with Gasteiger partial charge < -0.3 is 19.7 Å². The summed E-state index contributed by atoms with van der Waals surface area (Å²) in [7, 11) is 0. The normalized spacial score (nSPS) is 16.1. The minimum Gasteiger partial charge on any atom is -0.349 e. The highest BCUT2D eigenvalue weighted by Gasteiger charge is 2.38. The third-order valence-electron chi connectivity index (χ3n) is 5.43. The second-order valence-electron chi connectivity index (χ2n) is 7.66. The summed E-state index contributed by atoms with van der Waals surface area (Å²) in [5, 5.41) is 16.9. The number of aromatic nitrogens is 5. The fourth-order valence-corrected chi connectivity index (χ4v) is 4.20. The van der Waals surface area contributed by atoms with Crippen LogP contribution in [0.15, 0.2) is 4.52 Å². The van der Waals surface area contributed by atoms with Gasteiger partial charge in [-0.15, -0.1) is 0 Å². The number of hydrogen-bond acceptors (Lipinski definition) is 7. The Hall–Kier alpha value is -2.56. The van der Waals surface area contributed by atoms with Crippen LogP contribution in [-0.4, -0.2) is 36.7 Å².